The van der Waals surface area contributed by atoms with Crippen molar-refractivity contribution in [3.63, 3.8) is 0 Å². The van der Waals surface area contributed by atoms with E-state index < -0.39 is 23.1 Å². The van der Waals surface area contributed by atoms with Crippen LogP contribution < -0.4 is 4.74 Å². The molecular weight excluding hydrogens is 448 g/mol. The van der Waals surface area contributed by atoms with Crippen LogP contribution in [0.2, 0.25) is 0 Å². The van der Waals surface area contributed by atoms with Crippen molar-refractivity contribution in [2.24, 2.45) is 0 Å². The predicted molar refractivity (Wildman–Crippen MR) is 140 cm³/mol. The van der Waals surface area contributed by atoms with Crippen molar-refractivity contribution in [3.05, 3.63) is 58.1 Å². The monoisotopic (exact) mass is 486 g/mol. The SMILES string of the molecule is Cc1ccc(OC(COC(=O)C(C)S)C(=O)c2cc(C)cc(C(C)(C)C)c2O)c(C(C)(C)C)c1. The molecule has 0 heterocycles. The van der Waals surface area contributed by atoms with Gasteiger partial charge >= 0.3 is 5.97 Å². The van der Waals surface area contributed by atoms with Crippen LogP contribution in [0.15, 0.2) is 30.3 Å². The molecule has 5 nitrogen and oxygen atoms in total. The fraction of sp³-hybridized carbons (Fsp3) is 0.500. The Balaban J connectivity index is 2.56. The van der Waals surface area contributed by atoms with E-state index >= 15 is 0 Å². The molecule has 2 atom stereocenters. The van der Waals surface area contributed by atoms with Crippen LogP contribution in [0.4, 0.5) is 0 Å². The predicted octanol–water partition coefficient (Wildman–Crippen LogP) is 6.10. The maximum Gasteiger partial charge on any atom is 0.318 e. The molecule has 0 amide bonds. The average Bonchev–Trinajstić information content (AvgIpc) is 2.71. The summed E-state index contributed by atoms with van der Waals surface area (Å²) in [4.78, 5) is 25.8. The zero-order chi connectivity index (χ0) is 26.0. The number of aromatic hydroxyl groups is 1. The molecule has 0 radical (unpaired) electrons. The highest BCUT2D eigenvalue weighted by molar-refractivity contribution is 7.81. The van der Waals surface area contributed by atoms with Gasteiger partial charge in [-0.3, -0.25) is 9.59 Å². The summed E-state index contributed by atoms with van der Waals surface area (Å²) in [5.41, 5.74) is 3.05. The van der Waals surface area contributed by atoms with Crippen LogP contribution in [0.25, 0.3) is 0 Å². The standard InChI is InChI=1S/C28H38O5S/c1-16-10-11-22(20(13-16)27(4,5)6)33-23(15-32-26(31)18(3)34)25(30)19-12-17(2)14-21(24(19)29)28(7,8)9/h10-14,18,23,29,34H,15H2,1-9H3. The van der Waals surface area contributed by atoms with Crippen LogP contribution in [0, 0.1) is 13.8 Å². The molecule has 0 saturated carbocycles. The molecule has 6 heteroatoms. The molecule has 0 saturated heterocycles. The normalized spacial score (nSPS) is 13.8. The van der Waals surface area contributed by atoms with Crippen molar-refractivity contribution >= 4 is 24.4 Å². The largest absolute Gasteiger partial charge is 0.507 e. The van der Waals surface area contributed by atoms with Gasteiger partial charge in [0.25, 0.3) is 0 Å². The molecule has 186 valence electrons. The van der Waals surface area contributed by atoms with Crippen molar-refractivity contribution in [3.8, 4) is 11.5 Å². The Kier molecular flexibility index (Phi) is 8.52. The van der Waals surface area contributed by atoms with Gasteiger partial charge in [-0.25, -0.2) is 0 Å². The first-order chi connectivity index (χ1) is 15.5. The maximum atomic E-state index is 13.7. The molecule has 1 N–H and O–H groups in total. The first-order valence-electron chi connectivity index (χ1n) is 11.5. The number of hydrogen-bond donors (Lipinski definition) is 2. The van der Waals surface area contributed by atoms with E-state index in [1.165, 1.54) is 0 Å². The van der Waals surface area contributed by atoms with E-state index in [4.69, 9.17) is 9.47 Å². The molecule has 34 heavy (non-hydrogen) atoms. The highest BCUT2D eigenvalue weighted by Gasteiger charge is 2.31. The third kappa shape index (κ3) is 6.78. The maximum absolute atomic E-state index is 13.7. The number of Topliss-reactive ketones (excluding diaryl/α,β-unsaturated/α-hetero) is 1. The number of esters is 1. The number of ether oxygens (including phenoxy) is 2. The first-order valence-corrected chi connectivity index (χ1v) is 12.0. The Morgan fingerprint density at radius 3 is 2.03 bits per heavy atom. The number of hydrogen-bond acceptors (Lipinski definition) is 6. The molecule has 0 aromatic heterocycles. The van der Waals surface area contributed by atoms with Crippen LogP contribution in [-0.4, -0.2) is 34.8 Å². The van der Waals surface area contributed by atoms with Crippen molar-refractivity contribution in [2.75, 3.05) is 6.61 Å². The molecule has 2 unspecified atom stereocenters. The lowest BCUT2D eigenvalue weighted by Crippen LogP contribution is -2.35. The number of phenols is 1. The van der Waals surface area contributed by atoms with Crippen LogP contribution in [-0.2, 0) is 20.4 Å². The minimum absolute atomic E-state index is 0.0782. The molecule has 2 aromatic rings. The molecule has 0 aliphatic carbocycles. The van der Waals surface area contributed by atoms with Gasteiger partial charge in [0.1, 0.15) is 18.1 Å². The van der Waals surface area contributed by atoms with E-state index in [0.717, 1.165) is 16.7 Å². The third-order valence-electron chi connectivity index (χ3n) is 5.55. The first kappa shape index (κ1) is 27.8. The van der Waals surface area contributed by atoms with Crippen LogP contribution in [0.3, 0.4) is 0 Å². The highest BCUT2D eigenvalue weighted by atomic mass is 32.1. The Hall–Kier alpha value is -2.47. The molecule has 2 rings (SSSR count). The Morgan fingerprint density at radius 1 is 0.941 bits per heavy atom. The quantitative estimate of drug-likeness (QED) is 0.281. The van der Waals surface area contributed by atoms with Crippen LogP contribution >= 0.6 is 12.6 Å². The zero-order valence-corrected chi connectivity index (χ0v) is 22.7. The molecule has 0 bridgehead atoms. The van der Waals surface area contributed by atoms with E-state index in [1.807, 2.05) is 58.9 Å². The number of aryl methyl sites for hydroxylation is 2. The number of carbonyl (C=O) groups excluding carboxylic acids is 2. The fourth-order valence-electron chi connectivity index (χ4n) is 3.64. The molecule has 0 spiro atoms. The average molecular weight is 487 g/mol. The van der Waals surface area contributed by atoms with E-state index in [9.17, 15) is 14.7 Å². The fourth-order valence-corrected chi connectivity index (χ4v) is 3.71. The molecule has 0 aliphatic rings. The lowest BCUT2D eigenvalue weighted by molar-refractivity contribution is -0.144. The Bertz CT molecular complexity index is 1060. The number of rotatable bonds is 7. The van der Waals surface area contributed by atoms with Gasteiger partial charge in [-0.2, -0.15) is 12.6 Å². The smallest absolute Gasteiger partial charge is 0.318 e. The summed E-state index contributed by atoms with van der Waals surface area (Å²) in [5, 5.41) is 10.4. The molecule has 0 aliphatic heterocycles. The third-order valence-corrected chi connectivity index (χ3v) is 5.76. The second-order valence-corrected chi connectivity index (χ2v) is 11.8. The second kappa shape index (κ2) is 10.4. The number of thiol groups is 1. The van der Waals surface area contributed by atoms with Crippen molar-refractivity contribution in [1.82, 2.24) is 0 Å². The summed E-state index contributed by atoms with van der Waals surface area (Å²) >= 11 is 4.12. The molecule has 0 fully saturated rings. The summed E-state index contributed by atoms with van der Waals surface area (Å²) in [6.45, 7) is 17.3. The number of carbonyl (C=O) groups is 2. The van der Waals surface area contributed by atoms with Gasteiger partial charge < -0.3 is 14.6 Å². The van der Waals surface area contributed by atoms with Crippen molar-refractivity contribution in [1.29, 1.82) is 0 Å². The van der Waals surface area contributed by atoms with Gasteiger partial charge in [-0.05, 0) is 54.9 Å². The van der Waals surface area contributed by atoms with Crippen LogP contribution in [0.5, 0.6) is 11.5 Å². The topological polar surface area (TPSA) is 72.8 Å². The summed E-state index contributed by atoms with van der Waals surface area (Å²) < 4.78 is 11.6. The van der Waals surface area contributed by atoms with Gasteiger partial charge in [0.2, 0.25) is 5.78 Å². The number of benzene rings is 2. The summed E-state index contributed by atoms with van der Waals surface area (Å²) in [7, 11) is 0. The minimum Gasteiger partial charge on any atom is -0.507 e. The number of phenolic OH excluding ortho intramolecular Hbond substituents is 1. The van der Waals surface area contributed by atoms with E-state index in [-0.39, 0.29) is 28.7 Å². The van der Waals surface area contributed by atoms with Gasteiger partial charge in [-0.1, -0.05) is 65.3 Å². The highest BCUT2D eigenvalue weighted by Crippen LogP contribution is 2.36. The lowest BCUT2D eigenvalue weighted by Gasteiger charge is -2.27. The van der Waals surface area contributed by atoms with E-state index in [0.29, 0.717) is 11.3 Å². The molecular formula is C28H38O5S. The zero-order valence-electron chi connectivity index (χ0n) is 21.8. The second-order valence-electron chi connectivity index (χ2n) is 11.0. The Morgan fingerprint density at radius 2 is 1.50 bits per heavy atom. The number of ketones is 1. The van der Waals surface area contributed by atoms with Gasteiger partial charge in [0.05, 0.1) is 10.8 Å². The summed E-state index contributed by atoms with van der Waals surface area (Å²) in [5.74, 6) is -0.541. The van der Waals surface area contributed by atoms with Crippen molar-refractivity contribution < 1.29 is 24.2 Å². The van der Waals surface area contributed by atoms with Gasteiger partial charge in [0.15, 0.2) is 6.10 Å². The van der Waals surface area contributed by atoms with E-state index in [1.54, 1.807) is 13.0 Å². The van der Waals surface area contributed by atoms with Gasteiger partial charge in [0, 0.05) is 5.56 Å². The Labute approximate surface area is 209 Å². The van der Waals surface area contributed by atoms with E-state index in [2.05, 4.69) is 33.4 Å². The summed E-state index contributed by atoms with van der Waals surface area (Å²) in [6.07, 6.45) is -1.14. The van der Waals surface area contributed by atoms with Gasteiger partial charge in [-0.15, -0.1) is 0 Å². The van der Waals surface area contributed by atoms with Crippen LogP contribution in [0.1, 0.15) is 81.1 Å². The molecule has 2 aromatic carbocycles. The minimum atomic E-state index is -1.14. The lowest BCUT2D eigenvalue weighted by atomic mass is 9.83. The summed E-state index contributed by atoms with van der Waals surface area (Å²) in [6, 6.07) is 9.29. The van der Waals surface area contributed by atoms with Crippen molar-refractivity contribution in [2.45, 2.75) is 84.5 Å².